The molecular weight excluding hydrogens is 278 g/mol. The van der Waals surface area contributed by atoms with Crippen molar-refractivity contribution in [3.63, 3.8) is 0 Å². The first-order valence-corrected chi connectivity index (χ1v) is 7.89. The Labute approximate surface area is 132 Å². The Hall–Kier alpha value is -2.02. The lowest BCUT2D eigenvalue weighted by Crippen LogP contribution is -2.31. The summed E-state index contributed by atoms with van der Waals surface area (Å²) in [7, 11) is 1.60. The second kappa shape index (κ2) is 7.31. The van der Waals surface area contributed by atoms with Gasteiger partial charge in [0.1, 0.15) is 11.5 Å². The van der Waals surface area contributed by atoms with Crippen LogP contribution in [0, 0.1) is 22.7 Å². The molecule has 1 fully saturated rings. The summed E-state index contributed by atoms with van der Waals surface area (Å²) in [6.45, 7) is 2.10. The summed E-state index contributed by atoms with van der Waals surface area (Å²) in [6.07, 6.45) is 4.99. The molecule has 1 aliphatic carbocycles. The van der Waals surface area contributed by atoms with E-state index in [-0.39, 0.29) is 17.3 Å². The number of methoxy groups -OCH3 is 1. The van der Waals surface area contributed by atoms with E-state index in [1.807, 2.05) is 0 Å². The van der Waals surface area contributed by atoms with Crippen LogP contribution in [-0.4, -0.2) is 13.1 Å². The highest BCUT2D eigenvalue weighted by Gasteiger charge is 2.37. The van der Waals surface area contributed by atoms with Gasteiger partial charge in [0.15, 0.2) is 0 Å². The van der Waals surface area contributed by atoms with Gasteiger partial charge < -0.3 is 9.47 Å². The molecule has 118 valence electrons. The third kappa shape index (κ3) is 3.79. The summed E-state index contributed by atoms with van der Waals surface area (Å²) in [6, 6.07) is 9.48. The zero-order chi connectivity index (χ0) is 16.0. The molecule has 4 heteroatoms. The molecule has 0 saturated heterocycles. The smallest absolute Gasteiger partial charge is 0.314 e. The summed E-state index contributed by atoms with van der Waals surface area (Å²) in [5.41, 5.74) is -0.231. The number of hydrogen-bond donors (Lipinski definition) is 0. The summed E-state index contributed by atoms with van der Waals surface area (Å²) in [4.78, 5) is 12.2. The third-order valence-corrected chi connectivity index (χ3v) is 4.52. The fraction of sp³-hybridized carbons (Fsp3) is 0.556. The molecule has 1 aromatic carbocycles. The lowest BCUT2D eigenvalue weighted by atomic mass is 9.69. The number of nitriles is 1. The lowest BCUT2D eigenvalue weighted by Gasteiger charge is -2.33. The first-order valence-electron chi connectivity index (χ1n) is 7.89. The van der Waals surface area contributed by atoms with Gasteiger partial charge in [-0.05, 0) is 56.4 Å². The molecule has 0 unspecified atom stereocenters. The Morgan fingerprint density at radius 1 is 1.27 bits per heavy atom. The largest absolute Gasteiger partial charge is 0.497 e. The number of carbonyl (C=O) groups excluding carboxylic acids is 1. The number of carbonyl (C=O) groups is 1. The molecule has 0 radical (unpaired) electrons. The van der Waals surface area contributed by atoms with E-state index in [0.29, 0.717) is 5.75 Å². The molecule has 0 N–H and O–H groups in total. The van der Waals surface area contributed by atoms with Gasteiger partial charge in [-0.3, -0.25) is 4.79 Å². The molecule has 1 saturated carbocycles. The SMILES string of the molecule is CCCC1(C#N)CCC(C(=O)Oc2ccc(OC)cc2)CC1. The number of esters is 1. The van der Waals surface area contributed by atoms with Crippen LogP contribution in [0.15, 0.2) is 24.3 Å². The normalized spacial score (nSPS) is 24.3. The highest BCUT2D eigenvalue weighted by Crippen LogP contribution is 2.42. The number of benzene rings is 1. The topological polar surface area (TPSA) is 59.3 Å². The van der Waals surface area contributed by atoms with Crippen molar-refractivity contribution < 1.29 is 14.3 Å². The van der Waals surface area contributed by atoms with Crippen LogP contribution < -0.4 is 9.47 Å². The van der Waals surface area contributed by atoms with Crippen LogP contribution in [0.2, 0.25) is 0 Å². The molecule has 0 aromatic heterocycles. The van der Waals surface area contributed by atoms with Gasteiger partial charge in [0, 0.05) is 0 Å². The molecule has 4 nitrogen and oxygen atoms in total. The average molecular weight is 301 g/mol. The standard InChI is InChI=1S/C18H23NO3/c1-3-10-18(13-19)11-8-14(9-12-18)17(20)22-16-6-4-15(21-2)5-7-16/h4-7,14H,3,8-12H2,1-2H3. The van der Waals surface area contributed by atoms with Gasteiger partial charge >= 0.3 is 5.97 Å². The van der Waals surface area contributed by atoms with Gasteiger partial charge in [-0.15, -0.1) is 0 Å². The maximum Gasteiger partial charge on any atom is 0.314 e. The van der Waals surface area contributed by atoms with Gasteiger partial charge in [0.05, 0.1) is 24.5 Å². The molecule has 0 amide bonds. The van der Waals surface area contributed by atoms with Crippen LogP contribution in [0.1, 0.15) is 45.4 Å². The van der Waals surface area contributed by atoms with E-state index in [1.165, 1.54) is 0 Å². The first-order chi connectivity index (χ1) is 10.6. The van der Waals surface area contributed by atoms with E-state index in [4.69, 9.17) is 9.47 Å². The van der Waals surface area contributed by atoms with E-state index >= 15 is 0 Å². The quantitative estimate of drug-likeness (QED) is 0.607. The van der Waals surface area contributed by atoms with Crippen molar-refractivity contribution in [2.75, 3.05) is 7.11 Å². The Bertz CT molecular complexity index is 536. The van der Waals surface area contributed by atoms with Crippen LogP contribution in [0.3, 0.4) is 0 Å². The highest BCUT2D eigenvalue weighted by atomic mass is 16.5. The fourth-order valence-corrected chi connectivity index (χ4v) is 3.15. The highest BCUT2D eigenvalue weighted by molar-refractivity contribution is 5.75. The van der Waals surface area contributed by atoms with Crippen LogP contribution in [0.4, 0.5) is 0 Å². The number of hydrogen-bond acceptors (Lipinski definition) is 4. The minimum absolute atomic E-state index is 0.0968. The van der Waals surface area contributed by atoms with Crippen molar-refractivity contribution in [3.8, 4) is 17.6 Å². The van der Waals surface area contributed by atoms with Crippen molar-refractivity contribution in [2.45, 2.75) is 45.4 Å². The van der Waals surface area contributed by atoms with Crippen molar-refractivity contribution in [1.29, 1.82) is 5.26 Å². The van der Waals surface area contributed by atoms with Crippen LogP contribution >= 0.6 is 0 Å². The molecule has 1 aliphatic rings. The number of ether oxygens (including phenoxy) is 2. The van der Waals surface area contributed by atoms with Gasteiger partial charge in [0.25, 0.3) is 0 Å². The zero-order valence-corrected chi connectivity index (χ0v) is 13.3. The average Bonchev–Trinajstić information content (AvgIpc) is 2.56. The summed E-state index contributed by atoms with van der Waals surface area (Å²) in [5.74, 6) is 0.987. The predicted octanol–water partition coefficient (Wildman–Crippen LogP) is 4.10. The Balaban J connectivity index is 1.90. The Kier molecular flexibility index (Phi) is 5.43. The summed E-state index contributed by atoms with van der Waals surface area (Å²) >= 11 is 0. The van der Waals surface area contributed by atoms with Gasteiger partial charge in [-0.25, -0.2) is 0 Å². The first kappa shape index (κ1) is 16.4. The second-order valence-electron chi connectivity index (χ2n) is 6.01. The van der Waals surface area contributed by atoms with E-state index < -0.39 is 0 Å². The maximum atomic E-state index is 12.2. The molecule has 0 bridgehead atoms. The summed E-state index contributed by atoms with van der Waals surface area (Å²) in [5, 5.41) is 9.40. The van der Waals surface area contributed by atoms with E-state index in [1.54, 1.807) is 31.4 Å². The molecule has 0 heterocycles. The molecule has 2 rings (SSSR count). The summed E-state index contributed by atoms with van der Waals surface area (Å²) < 4.78 is 10.5. The van der Waals surface area contributed by atoms with E-state index in [0.717, 1.165) is 44.3 Å². The van der Waals surface area contributed by atoms with Gasteiger partial charge in [-0.2, -0.15) is 5.26 Å². The van der Waals surface area contributed by atoms with Gasteiger partial charge in [0.2, 0.25) is 0 Å². The van der Waals surface area contributed by atoms with Crippen LogP contribution in [0.25, 0.3) is 0 Å². The monoisotopic (exact) mass is 301 g/mol. The third-order valence-electron chi connectivity index (χ3n) is 4.52. The number of nitrogens with zero attached hydrogens (tertiary/aromatic N) is 1. The molecule has 1 aromatic rings. The van der Waals surface area contributed by atoms with Crippen LogP contribution in [0.5, 0.6) is 11.5 Å². The molecule has 22 heavy (non-hydrogen) atoms. The van der Waals surface area contributed by atoms with Crippen molar-refractivity contribution in [3.05, 3.63) is 24.3 Å². The molecule has 0 spiro atoms. The minimum atomic E-state index is -0.231. The van der Waals surface area contributed by atoms with Gasteiger partial charge in [-0.1, -0.05) is 13.3 Å². The molecule has 0 aliphatic heterocycles. The lowest BCUT2D eigenvalue weighted by molar-refractivity contribution is -0.140. The van der Waals surface area contributed by atoms with Crippen molar-refractivity contribution in [2.24, 2.45) is 11.3 Å². The maximum absolute atomic E-state index is 12.2. The van der Waals surface area contributed by atoms with Crippen molar-refractivity contribution in [1.82, 2.24) is 0 Å². The Morgan fingerprint density at radius 3 is 2.36 bits per heavy atom. The number of rotatable bonds is 5. The molecule has 0 atom stereocenters. The second-order valence-corrected chi connectivity index (χ2v) is 6.01. The predicted molar refractivity (Wildman–Crippen MR) is 83.5 cm³/mol. The minimum Gasteiger partial charge on any atom is -0.497 e. The molecular formula is C18H23NO3. The Morgan fingerprint density at radius 2 is 1.86 bits per heavy atom. The van der Waals surface area contributed by atoms with Crippen molar-refractivity contribution >= 4 is 5.97 Å². The van der Waals surface area contributed by atoms with E-state index in [9.17, 15) is 10.1 Å². The van der Waals surface area contributed by atoms with Crippen LogP contribution in [-0.2, 0) is 4.79 Å². The zero-order valence-electron chi connectivity index (χ0n) is 13.3. The fourth-order valence-electron chi connectivity index (χ4n) is 3.15. The van der Waals surface area contributed by atoms with E-state index in [2.05, 4.69) is 13.0 Å².